The van der Waals surface area contributed by atoms with Crippen molar-refractivity contribution in [1.29, 1.82) is 0 Å². The van der Waals surface area contributed by atoms with E-state index in [1.54, 1.807) is 30.5 Å². The second-order valence-electron chi connectivity index (χ2n) is 7.75. The molecule has 0 aliphatic rings. The predicted octanol–water partition coefficient (Wildman–Crippen LogP) is 4.14. The van der Waals surface area contributed by atoms with E-state index in [4.69, 9.17) is 31.5 Å². The summed E-state index contributed by atoms with van der Waals surface area (Å²) in [6.45, 7) is 0.413. The van der Waals surface area contributed by atoms with Crippen molar-refractivity contribution in [2.75, 3.05) is 0 Å². The molecule has 42 heavy (non-hydrogen) atoms. The summed E-state index contributed by atoms with van der Waals surface area (Å²) in [5.74, 6) is 4.73. The minimum absolute atomic E-state index is 0.143. The highest BCUT2D eigenvalue weighted by Crippen LogP contribution is 2.24. The van der Waals surface area contributed by atoms with Crippen LogP contribution in [0.1, 0.15) is 27.0 Å². The number of alkyl halides is 6. The standard InChI is InChI=1S/C22H21N5O.2C2HF3O2/c23-26-13-16-8-10-18(11-9-16)22(28)25-15-20-5-1-2-7-21(20)19-6-3-4-17(12-19)14-27-24;2*3-2(4,5)1(6)7/h1-14H,15,23-24H2,(H,25,28);2*(H,6,7). The van der Waals surface area contributed by atoms with Crippen molar-refractivity contribution < 1.29 is 50.9 Å². The maximum Gasteiger partial charge on any atom is 0.490 e. The molecular weight excluding hydrogens is 576 g/mol. The third kappa shape index (κ3) is 12.2. The molecule has 0 saturated heterocycles. The number of carbonyl (C=O) groups excluding carboxylic acids is 1. The zero-order valence-electron chi connectivity index (χ0n) is 21.2. The van der Waals surface area contributed by atoms with E-state index in [1.165, 1.54) is 6.21 Å². The van der Waals surface area contributed by atoms with E-state index >= 15 is 0 Å². The molecule has 0 atom stereocenters. The van der Waals surface area contributed by atoms with Crippen LogP contribution >= 0.6 is 0 Å². The second kappa shape index (κ2) is 16.0. The number of carbonyl (C=O) groups is 3. The average Bonchev–Trinajstić information content (AvgIpc) is 2.92. The number of nitrogens with two attached hydrogens (primary N) is 2. The van der Waals surface area contributed by atoms with Gasteiger partial charge in [0.1, 0.15) is 0 Å². The molecule has 0 spiro atoms. The van der Waals surface area contributed by atoms with E-state index in [-0.39, 0.29) is 5.91 Å². The summed E-state index contributed by atoms with van der Waals surface area (Å²) in [5.41, 5.74) is 5.43. The van der Waals surface area contributed by atoms with E-state index < -0.39 is 24.3 Å². The number of hydrazone groups is 2. The largest absolute Gasteiger partial charge is 0.490 e. The van der Waals surface area contributed by atoms with Gasteiger partial charge in [-0.1, -0.05) is 54.6 Å². The summed E-state index contributed by atoms with van der Waals surface area (Å²) >= 11 is 0. The SMILES string of the molecule is NN=Cc1ccc(C(=O)NCc2ccccc2-c2cccc(C=NN)c2)cc1.O=C(O)C(F)(F)F.O=C(O)C(F)(F)F. The Morgan fingerprint density at radius 2 is 1.24 bits per heavy atom. The fourth-order valence-corrected chi connectivity index (χ4v) is 2.91. The monoisotopic (exact) mass is 599 g/mol. The zero-order valence-corrected chi connectivity index (χ0v) is 21.2. The first-order valence-electron chi connectivity index (χ1n) is 11.2. The van der Waals surface area contributed by atoms with Gasteiger partial charge in [-0.3, -0.25) is 4.79 Å². The molecule has 0 aliphatic carbocycles. The maximum atomic E-state index is 12.5. The molecule has 3 aromatic carbocycles. The van der Waals surface area contributed by atoms with Crippen LogP contribution in [0, 0.1) is 0 Å². The Bertz CT molecular complexity index is 1380. The molecule has 3 rings (SSSR count). The molecular formula is C26H23F6N5O5. The predicted molar refractivity (Wildman–Crippen MR) is 140 cm³/mol. The molecule has 0 bridgehead atoms. The lowest BCUT2D eigenvalue weighted by Gasteiger charge is -2.12. The fraction of sp³-hybridized carbons (Fsp3) is 0.115. The number of aliphatic carboxylic acids is 2. The summed E-state index contributed by atoms with van der Waals surface area (Å²) in [7, 11) is 0. The lowest BCUT2D eigenvalue weighted by molar-refractivity contribution is -0.193. The number of hydrogen-bond acceptors (Lipinski definition) is 7. The van der Waals surface area contributed by atoms with Crippen LogP contribution in [0.5, 0.6) is 0 Å². The number of hydrogen-bond donors (Lipinski definition) is 5. The molecule has 0 heterocycles. The first-order chi connectivity index (χ1) is 19.6. The van der Waals surface area contributed by atoms with Crippen LogP contribution in [0.4, 0.5) is 26.3 Å². The molecule has 3 aromatic rings. The van der Waals surface area contributed by atoms with Crippen LogP contribution in [0.25, 0.3) is 11.1 Å². The van der Waals surface area contributed by atoms with Crippen LogP contribution in [-0.2, 0) is 16.1 Å². The molecule has 0 saturated carbocycles. The minimum atomic E-state index is -5.08. The number of halogens is 6. The third-order valence-corrected chi connectivity index (χ3v) is 4.76. The van der Waals surface area contributed by atoms with Gasteiger partial charge in [-0.15, -0.1) is 0 Å². The Kier molecular flexibility index (Phi) is 13.2. The van der Waals surface area contributed by atoms with Crippen LogP contribution in [-0.4, -0.2) is 52.8 Å². The van der Waals surface area contributed by atoms with Gasteiger partial charge in [0.25, 0.3) is 5.91 Å². The highest BCUT2D eigenvalue weighted by molar-refractivity contribution is 5.95. The van der Waals surface area contributed by atoms with Gasteiger partial charge in [0.2, 0.25) is 0 Å². The summed E-state index contributed by atoms with van der Waals surface area (Å²) in [6.07, 6.45) is -7.03. The van der Waals surface area contributed by atoms with Gasteiger partial charge < -0.3 is 27.2 Å². The van der Waals surface area contributed by atoms with Crippen LogP contribution in [0.3, 0.4) is 0 Å². The Hall–Kier alpha value is -5.41. The third-order valence-electron chi connectivity index (χ3n) is 4.76. The molecule has 224 valence electrons. The van der Waals surface area contributed by atoms with Crippen molar-refractivity contribution in [3.05, 3.63) is 95.1 Å². The van der Waals surface area contributed by atoms with E-state index in [0.717, 1.165) is 27.8 Å². The molecule has 0 fully saturated rings. The topological polar surface area (TPSA) is 180 Å². The number of nitrogens with zero attached hydrogens (tertiary/aromatic N) is 2. The van der Waals surface area contributed by atoms with Crippen molar-refractivity contribution in [2.24, 2.45) is 21.9 Å². The van der Waals surface area contributed by atoms with Gasteiger partial charge >= 0.3 is 24.3 Å². The van der Waals surface area contributed by atoms with Gasteiger partial charge in [-0.2, -0.15) is 36.5 Å². The Balaban J connectivity index is 0.000000522. The molecule has 0 unspecified atom stereocenters. The Morgan fingerprint density at radius 1 is 0.738 bits per heavy atom. The molecule has 0 radical (unpaired) electrons. The van der Waals surface area contributed by atoms with Crippen molar-refractivity contribution >= 4 is 30.3 Å². The Morgan fingerprint density at radius 3 is 1.74 bits per heavy atom. The van der Waals surface area contributed by atoms with Gasteiger partial charge in [0.15, 0.2) is 0 Å². The second-order valence-corrected chi connectivity index (χ2v) is 7.75. The lowest BCUT2D eigenvalue weighted by atomic mass is 9.98. The Labute approximate surface area is 234 Å². The van der Waals surface area contributed by atoms with E-state index in [0.29, 0.717) is 12.1 Å². The van der Waals surface area contributed by atoms with E-state index in [1.807, 2.05) is 48.5 Å². The molecule has 7 N–H and O–H groups in total. The number of nitrogens with one attached hydrogen (secondary N) is 1. The van der Waals surface area contributed by atoms with Crippen molar-refractivity contribution in [3.8, 4) is 11.1 Å². The van der Waals surface area contributed by atoms with Crippen LogP contribution < -0.4 is 17.0 Å². The molecule has 0 aromatic heterocycles. The van der Waals surface area contributed by atoms with E-state index in [9.17, 15) is 31.1 Å². The summed E-state index contributed by atoms with van der Waals surface area (Å²) in [5, 5.41) is 24.3. The quantitative estimate of drug-likeness (QED) is 0.122. The fourth-order valence-electron chi connectivity index (χ4n) is 2.91. The van der Waals surface area contributed by atoms with Gasteiger partial charge in [-0.25, -0.2) is 9.59 Å². The van der Waals surface area contributed by atoms with Crippen molar-refractivity contribution in [2.45, 2.75) is 18.9 Å². The number of carboxylic acid groups (broad SMARTS) is 2. The highest BCUT2D eigenvalue weighted by atomic mass is 19.4. The number of amides is 1. The van der Waals surface area contributed by atoms with Gasteiger partial charge in [-0.05, 0) is 46.0 Å². The summed E-state index contributed by atoms with van der Waals surface area (Å²) in [6, 6.07) is 23.0. The number of rotatable bonds is 6. The maximum absolute atomic E-state index is 12.5. The average molecular weight is 599 g/mol. The first kappa shape index (κ1) is 34.6. The van der Waals surface area contributed by atoms with E-state index in [2.05, 4.69) is 15.5 Å². The summed E-state index contributed by atoms with van der Waals surface area (Å²) < 4.78 is 63.5. The van der Waals surface area contributed by atoms with Crippen LogP contribution in [0.15, 0.2) is 83.0 Å². The van der Waals surface area contributed by atoms with Crippen molar-refractivity contribution in [1.82, 2.24) is 5.32 Å². The number of carboxylic acids is 2. The highest BCUT2D eigenvalue weighted by Gasteiger charge is 2.38. The number of benzene rings is 3. The minimum Gasteiger partial charge on any atom is -0.475 e. The van der Waals surface area contributed by atoms with Crippen LogP contribution in [0.2, 0.25) is 0 Å². The normalized spacial score (nSPS) is 11.2. The zero-order chi connectivity index (χ0) is 31.9. The summed E-state index contributed by atoms with van der Waals surface area (Å²) in [4.78, 5) is 30.3. The lowest BCUT2D eigenvalue weighted by Crippen LogP contribution is -2.23. The smallest absolute Gasteiger partial charge is 0.475 e. The molecule has 1 amide bonds. The molecule has 16 heteroatoms. The molecule has 10 nitrogen and oxygen atoms in total. The van der Waals surface area contributed by atoms with Gasteiger partial charge in [0.05, 0.1) is 12.4 Å². The van der Waals surface area contributed by atoms with Gasteiger partial charge in [0, 0.05) is 12.1 Å². The molecule has 0 aliphatic heterocycles. The first-order valence-corrected chi connectivity index (χ1v) is 11.2. The van der Waals surface area contributed by atoms with Crippen molar-refractivity contribution in [3.63, 3.8) is 0 Å².